The number of halogens is 2. The maximum Gasteiger partial charge on any atom is 0.123 e. The van der Waals surface area contributed by atoms with E-state index in [1.165, 1.54) is 11.1 Å². The van der Waals surface area contributed by atoms with Crippen molar-refractivity contribution in [2.24, 2.45) is 0 Å². The molecule has 1 aliphatic carbocycles. The van der Waals surface area contributed by atoms with E-state index in [1.807, 2.05) is 12.1 Å². The van der Waals surface area contributed by atoms with Gasteiger partial charge in [0.1, 0.15) is 5.82 Å². The molecule has 2 aromatic carbocycles. The van der Waals surface area contributed by atoms with Gasteiger partial charge in [0.25, 0.3) is 0 Å². The second kappa shape index (κ2) is 6.29. The molecule has 0 spiro atoms. The number of rotatable bonds is 4. The Kier molecular flexibility index (Phi) is 4.41. The van der Waals surface area contributed by atoms with Gasteiger partial charge in [0, 0.05) is 16.6 Å². The Labute approximate surface area is 133 Å². The van der Waals surface area contributed by atoms with Crippen LogP contribution >= 0.6 is 15.9 Å². The van der Waals surface area contributed by atoms with Crippen molar-refractivity contribution < 1.29 is 4.39 Å². The lowest BCUT2D eigenvalue weighted by atomic mass is 9.75. The van der Waals surface area contributed by atoms with Gasteiger partial charge in [-0.15, -0.1) is 0 Å². The van der Waals surface area contributed by atoms with E-state index in [0.29, 0.717) is 18.0 Å². The van der Waals surface area contributed by atoms with Crippen molar-refractivity contribution >= 4 is 15.9 Å². The first-order valence-corrected chi connectivity index (χ1v) is 8.18. The summed E-state index contributed by atoms with van der Waals surface area (Å²) in [7, 11) is 0. The second-order valence-corrected chi connectivity index (χ2v) is 6.77. The molecule has 1 saturated carbocycles. The number of hydrogen-bond donors (Lipinski definition) is 1. The molecule has 1 nitrogen and oxygen atoms in total. The lowest BCUT2D eigenvalue weighted by molar-refractivity contribution is 0.271. The van der Waals surface area contributed by atoms with Crippen LogP contribution in [0.2, 0.25) is 0 Å². The average molecular weight is 348 g/mol. The maximum absolute atomic E-state index is 12.9. The molecule has 0 aromatic heterocycles. The van der Waals surface area contributed by atoms with E-state index in [-0.39, 0.29) is 5.82 Å². The molecule has 21 heavy (non-hydrogen) atoms. The Morgan fingerprint density at radius 3 is 2.29 bits per heavy atom. The molecule has 0 amide bonds. The van der Waals surface area contributed by atoms with Crippen LogP contribution in [0.3, 0.4) is 0 Å². The predicted molar refractivity (Wildman–Crippen MR) is 87.9 cm³/mol. The number of hydrogen-bond acceptors (Lipinski definition) is 1. The summed E-state index contributed by atoms with van der Waals surface area (Å²) in [6, 6.07) is 16.3. The molecule has 0 heterocycles. The Morgan fingerprint density at radius 1 is 1.05 bits per heavy atom. The summed E-state index contributed by atoms with van der Waals surface area (Å²) in [4.78, 5) is 0. The Morgan fingerprint density at radius 2 is 1.67 bits per heavy atom. The van der Waals surface area contributed by atoms with E-state index in [9.17, 15) is 4.39 Å². The van der Waals surface area contributed by atoms with Crippen molar-refractivity contribution in [1.29, 1.82) is 0 Å². The van der Waals surface area contributed by atoms with Gasteiger partial charge in [-0.2, -0.15) is 0 Å². The van der Waals surface area contributed by atoms with Gasteiger partial charge in [-0.1, -0.05) is 40.2 Å². The van der Waals surface area contributed by atoms with Crippen molar-refractivity contribution in [3.8, 4) is 0 Å². The molecular weight excluding hydrogens is 329 g/mol. The summed E-state index contributed by atoms with van der Waals surface area (Å²) in [6.07, 6.45) is 2.26. The molecule has 1 aliphatic rings. The van der Waals surface area contributed by atoms with Crippen molar-refractivity contribution in [1.82, 2.24) is 5.32 Å². The monoisotopic (exact) mass is 347 g/mol. The van der Waals surface area contributed by atoms with Crippen LogP contribution in [0, 0.1) is 5.82 Å². The van der Waals surface area contributed by atoms with Crippen LogP contribution in [0.5, 0.6) is 0 Å². The minimum Gasteiger partial charge on any atom is -0.307 e. The van der Waals surface area contributed by atoms with Crippen LogP contribution in [-0.4, -0.2) is 6.04 Å². The first-order valence-electron chi connectivity index (χ1n) is 7.39. The molecule has 0 bridgehead atoms. The van der Waals surface area contributed by atoms with E-state index >= 15 is 0 Å². The highest BCUT2D eigenvalue weighted by atomic mass is 79.9. The molecule has 110 valence electrons. The normalized spacial score (nSPS) is 22.6. The molecule has 0 saturated heterocycles. The molecule has 1 atom stereocenters. The lowest BCUT2D eigenvalue weighted by Gasteiger charge is -2.38. The summed E-state index contributed by atoms with van der Waals surface area (Å²) < 4.78 is 14.0. The predicted octanol–water partition coefficient (Wildman–Crippen LogP) is 5.19. The van der Waals surface area contributed by atoms with Gasteiger partial charge in [-0.05, 0) is 61.1 Å². The van der Waals surface area contributed by atoms with Gasteiger partial charge in [0.15, 0.2) is 0 Å². The molecule has 0 aliphatic heterocycles. The molecule has 0 unspecified atom stereocenters. The third-order valence-electron chi connectivity index (χ3n) is 4.34. The highest BCUT2D eigenvalue weighted by molar-refractivity contribution is 9.10. The Bertz CT molecular complexity index is 588. The molecular formula is C18H19BrFN. The van der Waals surface area contributed by atoms with Crippen LogP contribution in [0.15, 0.2) is 53.0 Å². The fourth-order valence-corrected chi connectivity index (χ4v) is 3.23. The lowest BCUT2D eigenvalue weighted by Crippen LogP contribution is -2.41. The second-order valence-electron chi connectivity index (χ2n) is 5.86. The summed E-state index contributed by atoms with van der Waals surface area (Å²) in [5.41, 5.74) is 2.56. The fourth-order valence-electron chi connectivity index (χ4n) is 2.96. The van der Waals surface area contributed by atoms with Gasteiger partial charge in [0.2, 0.25) is 0 Å². The minimum absolute atomic E-state index is 0.156. The summed E-state index contributed by atoms with van der Waals surface area (Å²) in [6.45, 7) is 2.20. The molecule has 3 heteroatoms. The fraction of sp³-hybridized carbons (Fsp3) is 0.333. The minimum atomic E-state index is -0.156. The van der Waals surface area contributed by atoms with Gasteiger partial charge in [-0.25, -0.2) is 4.39 Å². The molecule has 2 aromatic rings. The average Bonchev–Trinajstić information content (AvgIpc) is 2.44. The standard InChI is InChI=1S/C18H19BrFN/c1-12(13-2-6-16(19)7-3-13)21-18-10-15(11-18)14-4-8-17(20)9-5-14/h2-9,12,15,18,21H,10-11H2,1H3/t12-,15?,18?/m1/s1. The van der Waals surface area contributed by atoms with E-state index in [1.54, 1.807) is 12.1 Å². The Hall–Kier alpha value is -1.19. The van der Waals surface area contributed by atoms with Crippen molar-refractivity contribution in [2.45, 2.75) is 37.8 Å². The summed E-state index contributed by atoms with van der Waals surface area (Å²) in [5, 5.41) is 3.67. The molecule has 0 radical (unpaired) electrons. The van der Waals surface area contributed by atoms with Crippen molar-refractivity contribution in [2.75, 3.05) is 0 Å². The van der Waals surface area contributed by atoms with Crippen LogP contribution < -0.4 is 5.32 Å². The maximum atomic E-state index is 12.9. The van der Waals surface area contributed by atoms with E-state index in [0.717, 1.165) is 17.3 Å². The van der Waals surface area contributed by atoms with Gasteiger partial charge in [0.05, 0.1) is 0 Å². The van der Waals surface area contributed by atoms with E-state index in [2.05, 4.69) is 52.4 Å². The van der Waals surface area contributed by atoms with E-state index < -0.39 is 0 Å². The zero-order valence-corrected chi connectivity index (χ0v) is 13.6. The smallest absolute Gasteiger partial charge is 0.123 e. The van der Waals surface area contributed by atoms with Crippen molar-refractivity contribution in [3.05, 3.63) is 69.9 Å². The van der Waals surface area contributed by atoms with Crippen molar-refractivity contribution in [3.63, 3.8) is 0 Å². The Balaban J connectivity index is 1.52. The van der Waals surface area contributed by atoms with Gasteiger partial charge < -0.3 is 5.32 Å². The van der Waals surface area contributed by atoms with E-state index in [4.69, 9.17) is 0 Å². The van der Waals surface area contributed by atoms with Crippen LogP contribution in [0.1, 0.15) is 42.9 Å². The zero-order valence-electron chi connectivity index (χ0n) is 12.0. The highest BCUT2D eigenvalue weighted by Gasteiger charge is 2.31. The third kappa shape index (κ3) is 3.53. The quantitative estimate of drug-likeness (QED) is 0.802. The van der Waals surface area contributed by atoms with Crippen LogP contribution in [-0.2, 0) is 0 Å². The SMILES string of the molecule is C[C@@H](NC1CC(c2ccc(F)cc2)C1)c1ccc(Br)cc1. The zero-order chi connectivity index (χ0) is 14.8. The topological polar surface area (TPSA) is 12.0 Å². The summed E-state index contributed by atoms with van der Waals surface area (Å²) >= 11 is 3.46. The first kappa shape index (κ1) is 14.7. The number of benzene rings is 2. The van der Waals surface area contributed by atoms with Crippen LogP contribution in [0.4, 0.5) is 4.39 Å². The molecule has 1 fully saturated rings. The van der Waals surface area contributed by atoms with Gasteiger partial charge in [-0.3, -0.25) is 0 Å². The molecule has 1 N–H and O–H groups in total. The highest BCUT2D eigenvalue weighted by Crippen LogP contribution is 2.37. The third-order valence-corrected chi connectivity index (χ3v) is 4.86. The largest absolute Gasteiger partial charge is 0.307 e. The number of nitrogens with one attached hydrogen (secondary N) is 1. The first-order chi connectivity index (χ1) is 10.1. The van der Waals surface area contributed by atoms with Gasteiger partial charge >= 0.3 is 0 Å². The molecule has 3 rings (SSSR count). The van der Waals surface area contributed by atoms with Crippen LogP contribution in [0.25, 0.3) is 0 Å². The summed E-state index contributed by atoms with van der Waals surface area (Å²) in [5.74, 6) is 0.414.